The van der Waals surface area contributed by atoms with Crippen molar-refractivity contribution in [1.82, 2.24) is 4.98 Å². The van der Waals surface area contributed by atoms with Gasteiger partial charge in [0.25, 0.3) is 0 Å². The molecule has 49 heavy (non-hydrogen) atoms. The van der Waals surface area contributed by atoms with E-state index >= 15 is 0 Å². The minimum absolute atomic E-state index is 0.627. The van der Waals surface area contributed by atoms with Crippen LogP contribution in [0.25, 0.3) is 77.2 Å². The minimum Gasteiger partial charge on any atom is -0.456 e. The molecule has 4 heteroatoms. The third-order valence-electron chi connectivity index (χ3n) is 9.48. The van der Waals surface area contributed by atoms with Crippen LogP contribution in [0.1, 0.15) is 0 Å². The number of furan rings is 1. The molecule has 8 aromatic carbocycles. The Morgan fingerprint density at radius 1 is 0.429 bits per heavy atom. The molecule has 0 radical (unpaired) electrons. The van der Waals surface area contributed by atoms with Gasteiger partial charge in [-0.2, -0.15) is 0 Å². The Morgan fingerprint density at radius 2 is 1.08 bits per heavy atom. The van der Waals surface area contributed by atoms with Crippen LogP contribution in [0.5, 0.6) is 0 Å². The van der Waals surface area contributed by atoms with Gasteiger partial charge in [-0.15, -0.1) is 0 Å². The second kappa shape index (κ2) is 11.0. The summed E-state index contributed by atoms with van der Waals surface area (Å²) in [4.78, 5) is 7.17. The van der Waals surface area contributed by atoms with Crippen molar-refractivity contribution < 1.29 is 8.83 Å². The normalized spacial score (nSPS) is 11.7. The maximum atomic E-state index is 6.43. The van der Waals surface area contributed by atoms with Crippen LogP contribution >= 0.6 is 0 Å². The summed E-state index contributed by atoms with van der Waals surface area (Å²) in [6.45, 7) is 0. The molecular weight excluding hydrogens is 601 g/mol. The number of fused-ring (bicyclic) bond motifs is 8. The lowest BCUT2D eigenvalue weighted by atomic mass is 9.99. The van der Waals surface area contributed by atoms with E-state index in [-0.39, 0.29) is 0 Å². The maximum Gasteiger partial charge on any atom is 0.227 e. The molecule has 0 amide bonds. The van der Waals surface area contributed by atoms with Crippen LogP contribution in [0, 0.1) is 0 Å². The van der Waals surface area contributed by atoms with Gasteiger partial charge in [-0.05, 0) is 82.4 Å². The van der Waals surface area contributed by atoms with E-state index in [1.54, 1.807) is 0 Å². The van der Waals surface area contributed by atoms with Crippen LogP contribution in [0.2, 0.25) is 0 Å². The Morgan fingerprint density at radius 3 is 1.96 bits per heavy atom. The summed E-state index contributed by atoms with van der Waals surface area (Å²) in [5.74, 6) is 0.627. The average molecular weight is 629 g/mol. The van der Waals surface area contributed by atoms with Crippen LogP contribution in [0.15, 0.2) is 179 Å². The molecule has 0 atom stereocenters. The fourth-order valence-electron chi connectivity index (χ4n) is 7.16. The standard InChI is InChI=1S/C45H28N2O2/c1-3-11-29(12-4-1)34-15-7-9-17-41(34)47(33-22-24-37-36-16-8-10-18-42(36)48-43(37)28-33)32-21-19-30-20-23-38-35(39(30)27-32)25-26-40-44(38)49-45(46-40)31-13-5-2-6-14-31/h1-28H. The first-order valence-electron chi connectivity index (χ1n) is 16.5. The number of oxazole rings is 1. The lowest BCUT2D eigenvalue weighted by molar-refractivity contribution is 0.623. The first-order chi connectivity index (χ1) is 24.3. The Hall–Kier alpha value is -6.65. The molecule has 0 aliphatic rings. The van der Waals surface area contributed by atoms with Crippen molar-refractivity contribution in [3.8, 4) is 22.6 Å². The summed E-state index contributed by atoms with van der Waals surface area (Å²) in [7, 11) is 0. The monoisotopic (exact) mass is 628 g/mol. The van der Waals surface area contributed by atoms with E-state index in [1.807, 2.05) is 42.5 Å². The average Bonchev–Trinajstić information content (AvgIpc) is 3.78. The van der Waals surface area contributed by atoms with Crippen LogP contribution in [-0.4, -0.2) is 4.98 Å². The van der Waals surface area contributed by atoms with E-state index in [2.05, 4.69) is 132 Å². The summed E-state index contributed by atoms with van der Waals surface area (Å²) in [5.41, 5.74) is 9.78. The molecule has 4 nitrogen and oxygen atoms in total. The Bertz CT molecular complexity index is 2830. The van der Waals surface area contributed by atoms with Gasteiger partial charge < -0.3 is 13.7 Å². The fraction of sp³-hybridized carbons (Fsp3) is 0. The molecule has 0 saturated heterocycles. The van der Waals surface area contributed by atoms with E-state index in [0.717, 1.165) is 88.3 Å². The van der Waals surface area contributed by atoms with Gasteiger partial charge in [0.15, 0.2) is 5.58 Å². The molecule has 0 aliphatic heterocycles. The zero-order chi connectivity index (χ0) is 32.3. The molecule has 0 saturated carbocycles. The van der Waals surface area contributed by atoms with Gasteiger partial charge >= 0.3 is 0 Å². The number of hydrogen-bond donors (Lipinski definition) is 0. The summed E-state index contributed by atoms with van der Waals surface area (Å²) in [6.07, 6.45) is 0. The van der Waals surface area contributed by atoms with Gasteiger partial charge in [0.05, 0.1) is 5.69 Å². The molecule has 10 aromatic rings. The van der Waals surface area contributed by atoms with Gasteiger partial charge in [-0.3, -0.25) is 0 Å². The number of anilines is 3. The zero-order valence-electron chi connectivity index (χ0n) is 26.4. The predicted molar refractivity (Wildman–Crippen MR) is 202 cm³/mol. The van der Waals surface area contributed by atoms with E-state index in [1.165, 1.54) is 0 Å². The third kappa shape index (κ3) is 4.49. The van der Waals surface area contributed by atoms with Crippen LogP contribution < -0.4 is 4.90 Å². The van der Waals surface area contributed by atoms with E-state index in [0.29, 0.717) is 5.89 Å². The van der Waals surface area contributed by atoms with Crippen molar-refractivity contribution in [3.63, 3.8) is 0 Å². The molecule has 2 aromatic heterocycles. The van der Waals surface area contributed by atoms with Crippen molar-refractivity contribution in [3.05, 3.63) is 170 Å². The Kier molecular flexibility index (Phi) is 6.15. The van der Waals surface area contributed by atoms with Gasteiger partial charge in [-0.25, -0.2) is 4.98 Å². The molecule has 0 bridgehead atoms. The topological polar surface area (TPSA) is 42.4 Å². The van der Waals surface area contributed by atoms with E-state index in [4.69, 9.17) is 13.8 Å². The number of aromatic nitrogens is 1. The van der Waals surface area contributed by atoms with Gasteiger partial charge in [0.2, 0.25) is 5.89 Å². The molecule has 0 spiro atoms. The van der Waals surface area contributed by atoms with E-state index < -0.39 is 0 Å². The molecule has 0 N–H and O–H groups in total. The summed E-state index contributed by atoms with van der Waals surface area (Å²) < 4.78 is 12.8. The molecule has 0 unspecified atom stereocenters. The number of rotatable bonds is 5. The van der Waals surface area contributed by atoms with E-state index in [9.17, 15) is 0 Å². The highest BCUT2D eigenvalue weighted by atomic mass is 16.3. The Labute approximate surface area is 282 Å². The molecule has 0 aliphatic carbocycles. The largest absolute Gasteiger partial charge is 0.456 e. The summed E-state index contributed by atoms with van der Waals surface area (Å²) in [6, 6.07) is 59.3. The van der Waals surface area contributed by atoms with Crippen LogP contribution in [-0.2, 0) is 0 Å². The summed E-state index contributed by atoms with van der Waals surface area (Å²) in [5, 5.41) is 6.67. The van der Waals surface area contributed by atoms with Crippen molar-refractivity contribution >= 4 is 71.6 Å². The fourth-order valence-corrected chi connectivity index (χ4v) is 7.16. The minimum atomic E-state index is 0.627. The van der Waals surface area contributed by atoms with Crippen LogP contribution in [0.4, 0.5) is 17.1 Å². The first kappa shape index (κ1) is 27.5. The smallest absolute Gasteiger partial charge is 0.227 e. The highest BCUT2D eigenvalue weighted by Crippen LogP contribution is 2.44. The zero-order valence-corrected chi connectivity index (χ0v) is 26.4. The maximum absolute atomic E-state index is 6.43. The van der Waals surface area contributed by atoms with Crippen molar-refractivity contribution in [2.45, 2.75) is 0 Å². The van der Waals surface area contributed by atoms with Gasteiger partial charge in [0, 0.05) is 44.7 Å². The second-order valence-corrected chi connectivity index (χ2v) is 12.4. The predicted octanol–water partition coefficient (Wildman–Crippen LogP) is 12.8. The number of benzene rings is 8. The number of para-hydroxylation sites is 2. The van der Waals surface area contributed by atoms with Crippen molar-refractivity contribution in [2.24, 2.45) is 0 Å². The SMILES string of the molecule is c1ccc(-c2nc3ccc4c5cc(N(c6ccc7c(c6)oc6ccccc67)c6ccccc6-c6ccccc6)ccc5ccc4c3o2)cc1. The highest BCUT2D eigenvalue weighted by molar-refractivity contribution is 6.16. The summed E-state index contributed by atoms with van der Waals surface area (Å²) >= 11 is 0. The molecule has 230 valence electrons. The molecule has 0 fully saturated rings. The second-order valence-electron chi connectivity index (χ2n) is 12.4. The highest BCUT2D eigenvalue weighted by Gasteiger charge is 2.20. The first-order valence-corrected chi connectivity index (χ1v) is 16.5. The van der Waals surface area contributed by atoms with Gasteiger partial charge in [-0.1, -0.05) is 103 Å². The molecule has 10 rings (SSSR count). The lowest BCUT2D eigenvalue weighted by Gasteiger charge is -2.28. The van der Waals surface area contributed by atoms with Gasteiger partial charge in [0.1, 0.15) is 16.7 Å². The quantitative estimate of drug-likeness (QED) is 0.178. The number of nitrogens with zero attached hydrogens (tertiary/aromatic N) is 2. The molecular formula is C45H28N2O2. The van der Waals surface area contributed by atoms with Crippen LogP contribution in [0.3, 0.4) is 0 Å². The third-order valence-corrected chi connectivity index (χ3v) is 9.48. The van der Waals surface area contributed by atoms with Crippen molar-refractivity contribution in [2.75, 3.05) is 4.90 Å². The molecule has 2 heterocycles. The van der Waals surface area contributed by atoms with Crippen molar-refractivity contribution in [1.29, 1.82) is 0 Å². The number of hydrogen-bond acceptors (Lipinski definition) is 4. The Balaban J connectivity index is 1.20. The lowest BCUT2D eigenvalue weighted by Crippen LogP contribution is -2.11.